The van der Waals surface area contributed by atoms with Crippen molar-refractivity contribution in [1.29, 1.82) is 0 Å². The van der Waals surface area contributed by atoms with Crippen LogP contribution in [0.2, 0.25) is 0 Å². The Morgan fingerprint density at radius 1 is 1.04 bits per heavy atom. The normalized spacial score (nSPS) is 17.9. The van der Waals surface area contributed by atoms with E-state index >= 15 is 0 Å². The number of hydrogen-bond donors (Lipinski definition) is 1. The lowest BCUT2D eigenvalue weighted by atomic mass is 10.1. The molecule has 0 aliphatic carbocycles. The third kappa shape index (κ3) is 3.43. The first-order valence-corrected chi connectivity index (χ1v) is 10.2. The number of carbonyl (C=O) groups excluding carboxylic acids is 1. The number of hydrogen-bond acceptors (Lipinski definition) is 4. The van der Waals surface area contributed by atoms with Gasteiger partial charge in [-0.05, 0) is 47.9 Å². The number of fused-ring (bicyclic) bond motifs is 1. The van der Waals surface area contributed by atoms with E-state index in [4.69, 9.17) is 0 Å². The standard InChI is InChI=1S/C20H19N3O3S/c24-20(22-17-9-11-21-12-10-17)19-6-3-13-23(19)27(25,26)18-8-7-15-4-1-2-5-16(15)14-18/h1-2,4-5,7-12,14,19H,3,6,13H2,(H,21,22,24). The molecule has 0 radical (unpaired) electrons. The highest BCUT2D eigenvalue weighted by molar-refractivity contribution is 7.89. The second kappa shape index (κ2) is 7.09. The summed E-state index contributed by atoms with van der Waals surface area (Å²) in [6, 6.07) is 15.3. The van der Waals surface area contributed by atoms with Crippen LogP contribution in [-0.4, -0.2) is 36.2 Å². The Kier molecular flexibility index (Phi) is 4.63. The number of aromatic nitrogens is 1. The van der Waals surface area contributed by atoms with Crippen LogP contribution in [0.25, 0.3) is 10.8 Å². The first kappa shape index (κ1) is 17.6. The highest BCUT2D eigenvalue weighted by Crippen LogP contribution is 2.28. The molecule has 138 valence electrons. The van der Waals surface area contributed by atoms with E-state index in [-0.39, 0.29) is 10.8 Å². The van der Waals surface area contributed by atoms with E-state index in [0.717, 1.165) is 10.8 Å². The van der Waals surface area contributed by atoms with Crippen molar-refractivity contribution in [3.05, 3.63) is 67.0 Å². The number of rotatable bonds is 4. The van der Waals surface area contributed by atoms with Crippen LogP contribution in [0.1, 0.15) is 12.8 Å². The van der Waals surface area contributed by atoms with E-state index < -0.39 is 16.1 Å². The molecule has 1 fully saturated rings. The summed E-state index contributed by atoms with van der Waals surface area (Å²) in [5, 5.41) is 4.62. The minimum Gasteiger partial charge on any atom is -0.325 e. The van der Waals surface area contributed by atoms with Crippen molar-refractivity contribution in [2.24, 2.45) is 0 Å². The van der Waals surface area contributed by atoms with Crippen LogP contribution in [0.15, 0.2) is 71.9 Å². The Bertz CT molecular complexity index is 1080. The van der Waals surface area contributed by atoms with Crippen molar-refractivity contribution >= 4 is 32.4 Å². The molecule has 4 rings (SSSR count). The summed E-state index contributed by atoms with van der Waals surface area (Å²) in [4.78, 5) is 16.8. The minimum absolute atomic E-state index is 0.213. The van der Waals surface area contributed by atoms with Crippen LogP contribution in [0.5, 0.6) is 0 Å². The molecule has 0 spiro atoms. The quantitative estimate of drug-likeness (QED) is 0.753. The van der Waals surface area contributed by atoms with Gasteiger partial charge in [-0.1, -0.05) is 30.3 Å². The van der Waals surface area contributed by atoms with Gasteiger partial charge in [-0.25, -0.2) is 8.42 Å². The summed E-state index contributed by atoms with van der Waals surface area (Å²) in [7, 11) is -3.76. The molecule has 0 saturated carbocycles. The molecule has 1 aliphatic heterocycles. The predicted molar refractivity (Wildman–Crippen MR) is 104 cm³/mol. The van der Waals surface area contributed by atoms with Crippen molar-refractivity contribution in [2.45, 2.75) is 23.8 Å². The maximum atomic E-state index is 13.2. The van der Waals surface area contributed by atoms with Gasteiger partial charge in [0.15, 0.2) is 0 Å². The molecule has 7 heteroatoms. The van der Waals surface area contributed by atoms with Crippen LogP contribution in [0, 0.1) is 0 Å². The fourth-order valence-corrected chi connectivity index (χ4v) is 5.11. The highest BCUT2D eigenvalue weighted by Gasteiger charge is 2.39. The predicted octanol–water partition coefficient (Wildman–Crippen LogP) is 3.03. The van der Waals surface area contributed by atoms with Crippen LogP contribution in [-0.2, 0) is 14.8 Å². The zero-order chi connectivity index (χ0) is 18.9. The van der Waals surface area contributed by atoms with Gasteiger partial charge in [-0.15, -0.1) is 0 Å². The SMILES string of the molecule is O=C(Nc1ccncc1)C1CCCN1S(=O)(=O)c1ccc2ccccc2c1. The molecule has 1 aromatic heterocycles. The molecule has 1 saturated heterocycles. The molecule has 2 aromatic carbocycles. The monoisotopic (exact) mass is 381 g/mol. The highest BCUT2D eigenvalue weighted by atomic mass is 32.2. The number of nitrogens with zero attached hydrogens (tertiary/aromatic N) is 2. The van der Waals surface area contributed by atoms with E-state index in [1.807, 2.05) is 24.3 Å². The Labute approximate surface area is 157 Å². The summed E-state index contributed by atoms with van der Waals surface area (Å²) in [5.41, 5.74) is 0.602. The fourth-order valence-electron chi connectivity index (χ4n) is 3.41. The smallest absolute Gasteiger partial charge is 0.243 e. The summed E-state index contributed by atoms with van der Waals surface area (Å²) >= 11 is 0. The number of nitrogens with one attached hydrogen (secondary N) is 1. The molecule has 1 N–H and O–H groups in total. The van der Waals surface area contributed by atoms with Gasteiger partial charge in [-0.2, -0.15) is 4.31 Å². The molecule has 0 bridgehead atoms. The third-order valence-electron chi connectivity index (χ3n) is 4.78. The van der Waals surface area contributed by atoms with E-state index in [9.17, 15) is 13.2 Å². The summed E-state index contributed by atoms with van der Waals surface area (Å²) in [6.45, 7) is 0.337. The molecule has 1 amide bonds. The molecule has 3 aromatic rings. The molecular formula is C20H19N3O3S. The Hall–Kier alpha value is -2.77. The molecular weight excluding hydrogens is 362 g/mol. The zero-order valence-electron chi connectivity index (χ0n) is 14.6. The van der Waals surface area contributed by atoms with Gasteiger partial charge in [0.25, 0.3) is 0 Å². The average Bonchev–Trinajstić information content (AvgIpc) is 3.19. The van der Waals surface area contributed by atoms with Crippen molar-refractivity contribution < 1.29 is 13.2 Å². The molecule has 1 unspecified atom stereocenters. The minimum atomic E-state index is -3.76. The van der Waals surface area contributed by atoms with Gasteiger partial charge in [0.1, 0.15) is 6.04 Å². The van der Waals surface area contributed by atoms with Gasteiger partial charge in [-0.3, -0.25) is 9.78 Å². The summed E-state index contributed by atoms with van der Waals surface area (Å²) in [6.07, 6.45) is 4.31. The van der Waals surface area contributed by atoms with Crippen molar-refractivity contribution in [2.75, 3.05) is 11.9 Å². The van der Waals surface area contributed by atoms with Gasteiger partial charge in [0, 0.05) is 24.6 Å². The lowest BCUT2D eigenvalue weighted by Gasteiger charge is -2.23. The number of pyridine rings is 1. The molecule has 6 nitrogen and oxygen atoms in total. The number of sulfonamides is 1. The lowest BCUT2D eigenvalue weighted by Crippen LogP contribution is -2.43. The number of carbonyl (C=O) groups is 1. The first-order chi connectivity index (χ1) is 13.1. The van der Waals surface area contributed by atoms with Gasteiger partial charge in [0.05, 0.1) is 4.90 Å². The van der Waals surface area contributed by atoms with Gasteiger partial charge < -0.3 is 5.32 Å². The third-order valence-corrected chi connectivity index (χ3v) is 6.69. The summed E-state index contributed by atoms with van der Waals surface area (Å²) < 4.78 is 27.7. The second-order valence-corrected chi connectivity index (χ2v) is 8.40. The van der Waals surface area contributed by atoms with Crippen molar-refractivity contribution in [3.63, 3.8) is 0 Å². The van der Waals surface area contributed by atoms with Gasteiger partial charge >= 0.3 is 0 Å². The molecule has 1 aliphatic rings. The van der Waals surface area contributed by atoms with Crippen LogP contribution in [0.3, 0.4) is 0 Å². The summed E-state index contributed by atoms with van der Waals surface area (Å²) in [5.74, 6) is -0.317. The van der Waals surface area contributed by atoms with Crippen LogP contribution >= 0.6 is 0 Å². The molecule has 27 heavy (non-hydrogen) atoms. The van der Waals surface area contributed by atoms with E-state index in [1.54, 1.807) is 42.7 Å². The van der Waals surface area contributed by atoms with E-state index in [2.05, 4.69) is 10.3 Å². The second-order valence-electron chi connectivity index (χ2n) is 6.51. The van der Waals surface area contributed by atoms with E-state index in [0.29, 0.717) is 25.1 Å². The van der Waals surface area contributed by atoms with Crippen molar-refractivity contribution in [1.82, 2.24) is 9.29 Å². The Balaban J connectivity index is 1.62. The maximum absolute atomic E-state index is 13.2. The average molecular weight is 381 g/mol. The number of amides is 1. The van der Waals surface area contributed by atoms with Crippen molar-refractivity contribution in [3.8, 4) is 0 Å². The largest absolute Gasteiger partial charge is 0.325 e. The van der Waals surface area contributed by atoms with Crippen LogP contribution in [0.4, 0.5) is 5.69 Å². The number of anilines is 1. The maximum Gasteiger partial charge on any atom is 0.243 e. The number of benzene rings is 2. The fraction of sp³-hybridized carbons (Fsp3) is 0.200. The zero-order valence-corrected chi connectivity index (χ0v) is 15.4. The molecule has 1 atom stereocenters. The van der Waals surface area contributed by atoms with Crippen LogP contribution < -0.4 is 5.32 Å². The lowest BCUT2D eigenvalue weighted by molar-refractivity contribution is -0.119. The van der Waals surface area contributed by atoms with E-state index in [1.165, 1.54) is 4.31 Å². The Morgan fingerprint density at radius 3 is 2.56 bits per heavy atom. The Morgan fingerprint density at radius 2 is 1.78 bits per heavy atom. The van der Waals surface area contributed by atoms with Gasteiger partial charge in [0.2, 0.25) is 15.9 Å². The molecule has 2 heterocycles. The topological polar surface area (TPSA) is 79.4 Å². The first-order valence-electron chi connectivity index (χ1n) is 8.77.